The molecule has 1 aliphatic carbocycles. The summed E-state index contributed by atoms with van der Waals surface area (Å²) < 4.78 is 11.5. The second kappa shape index (κ2) is 6.02. The van der Waals surface area contributed by atoms with Gasteiger partial charge in [0, 0.05) is 13.2 Å². The van der Waals surface area contributed by atoms with Crippen molar-refractivity contribution in [3.63, 3.8) is 0 Å². The number of rotatable bonds is 3. The van der Waals surface area contributed by atoms with Gasteiger partial charge in [-0.1, -0.05) is 13.8 Å². The average Bonchev–Trinajstić information content (AvgIpc) is 2.31. The van der Waals surface area contributed by atoms with Crippen LogP contribution in [0.1, 0.15) is 52.4 Å². The third-order valence-corrected chi connectivity index (χ3v) is 4.21. The second-order valence-electron chi connectivity index (χ2n) is 5.73. The Morgan fingerprint density at radius 2 is 1.44 bits per heavy atom. The summed E-state index contributed by atoms with van der Waals surface area (Å²) in [5.41, 5.74) is 0. The van der Waals surface area contributed by atoms with E-state index >= 15 is 0 Å². The molecule has 94 valence electrons. The van der Waals surface area contributed by atoms with Gasteiger partial charge >= 0.3 is 0 Å². The first kappa shape index (κ1) is 12.4. The Balaban J connectivity index is 1.68. The molecule has 1 heterocycles. The van der Waals surface area contributed by atoms with Crippen LogP contribution in [-0.4, -0.2) is 25.4 Å². The van der Waals surface area contributed by atoms with E-state index in [0.717, 1.165) is 37.9 Å². The van der Waals surface area contributed by atoms with Crippen LogP contribution in [0.15, 0.2) is 0 Å². The van der Waals surface area contributed by atoms with E-state index in [-0.39, 0.29) is 0 Å². The van der Waals surface area contributed by atoms with Crippen LogP contribution in [0, 0.1) is 11.8 Å². The standard InChI is InChI=1S/C14H26O2/c1-11(2)12-3-5-13(6-4-12)16-14-7-9-15-10-8-14/h11-14H,3-10H2,1-2H3/t12-,13-. The number of ether oxygens (including phenoxy) is 2. The van der Waals surface area contributed by atoms with Crippen LogP contribution in [-0.2, 0) is 9.47 Å². The van der Waals surface area contributed by atoms with Gasteiger partial charge in [0.1, 0.15) is 0 Å². The van der Waals surface area contributed by atoms with Crippen LogP contribution in [0.3, 0.4) is 0 Å². The van der Waals surface area contributed by atoms with Gasteiger partial charge in [-0.25, -0.2) is 0 Å². The molecule has 0 aromatic rings. The quantitative estimate of drug-likeness (QED) is 0.734. The second-order valence-corrected chi connectivity index (χ2v) is 5.73. The van der Waals surface area contributed by atoms with Gasteiger partial charge in [0.2, 0.25) is 0 Å². The van der Waals surface area contributed by atoms with E-state index in [1.807, 2.05) is 0 Å². The first-order chi connectivity index (χ1) is 7.75. The first-order valence-electron chi connectivity index (χ1n) is 6.99. The molecule has 2 heteroatoms. The van der Waals surface area contributed by atoms with Crippen LogP contribution in [0.5, 0.6) is 0 Å². The number of hydrogen-bond acceptors (Lipinski definition) is 2. The average molecular weight is 226 g/mol. The minimum absolute atomic E-state index is 0.481. The van der Waals surface area contributed by atoms with Gasteiger partial charge < -0.3 is 9.47 Å². The normalized spacial score (nSPS) is 33.2. The van der Waals surface area contributed by atoms with Gasteiger partial charge in [0.25, 0.3) is 0 Å². The van der Waals surface area contributed by atoms with Gasteiger partial charge in [0.05, 0.1) is 12.2 Å². The maximum absolute atomic E-state index is 6.18. The minimum Gasteiger partial charge on any atom is -0.381 e. The van der Waals surface area contributed by atoms with Crippen LogP contribution >= 0.6 is 0 Å². The molecule has 1 aliphatic heterocycles. The van der Waals surface area contributed by atoms with Crippen molar-refractivity contribution >= 4 is 0 Å². The van der Waals surface area contributed by atoms with E-state index in [4.69, 9.17) is 9.47 Å². The molecule has 16 heavy (non-hydrogen) atoms. The number of hydrogen-bond donors (Lipinski definition) is 0. The Morgan fingerprint density at radius 1 is 0.875 bits per heavy atom. The summed E-state index contributed by atoms with van der Waals surface area (Å²) in [4.78, 5) is 0. The van der Waals surface area contributed by atoms with Crippen molar-refractivity contribution < 1.29 is 9.47 Å². The lowest BCUT2D eigenvalue weighted by molar-refractivity contribution is -0.0832. The molecule has 2 aliphatic rings. The van der Waals surface area contributed by atoms with Gasteiger partial charge in [-0.05, 0) is 50.4 Å². The van der Waals surface area contributed by atoms with Gasteiger partial charge in [-0.3, -0.25) is 0 Å². The van der Waals surface area contributed by atoms with Gasteiger partial charge in [-0.2, -0.15) is 0 Å². The van der Waals surface area contributed by atoms with Crippen molar-refractivity contribution in [3.8, 4) is 0 Å². The van der Waals surface area contributed by atoms with E-state index in [2.05, 4.69) is 13.8 Å². The van der Waals surface area contributed by atoms with E-state index in [1.54, 1.807) is 0 Å². The monoisotopic (exact) mass is 226 g/mol. The predicted octanol–water partition coefficient (Wildman–Crippen LogP) is 3.40. The fourth-order valence-electron chi connectivity index (χ4n) is 2.98. The molecule has 0 N–H and O–H groups in total. The van der Waals surface area contributed by atoms with E-state index in [1.165, 1.54) is 25.7 Å². The molecule has 2 nitrogen and oxygen atoms in total. The summed E-state index contributed by atoms with van der Waals surface area (Å²) in [5, 5.41) is 0. The van der Waals surface area contributed by atoms with Crippen molar-refractivity contribution in [1.82, 2.24) is 0 Å². The maximum atomic E-state index is 6.18. The predicted molar refractivity (Wildman–Crippen MR) is 65.5 cm³/mol. The summed E-state index contributed by atoms with van der Waals surface area (Å²) in [6.45, 7) is 6.49. The van der Waals surface area contributed by atoms with Crippen molar-refractivity contribution in [3.05, 3.63) is 0 Å². The first-order valence-corrected chi connectivity index (χ1v) is 6.99. The molecule has 0 amide bonds. The van der Waals surface area contributed by atoms with Crippen molar-refractivity contribution in [2.75, 3.05) is 13.2 Å². The SMILES string of the molecule is CC(C)[C@H]1CC[C@H](OC2CCOCC2)CC1. The molecule has 1 saturated carbocycles. The zero-order chi connectivity index (χ0) is 11.4. The highest BCUT2D eigenvalue weighted by molar-refractivity contribution is 4.76. The third-order valence-electron chi connectivity index (χ3n) is 4.21. The Kier molecular flexibility index (Phi) is 4.66. The Morgan fingerprint density at radius 3 is 2.00 bits per heavy atom. The molecule has 1 saturated heterocycles. The molecule has 0 atom stereocenters. The Hall–Kier alpha value is -0.0800. The molecule has 0 aromatic heterocycles. The molecule has 0 unspecified atom stereocenters. The third kappa shape index (κ3) is 3.46. The lowest BCUT2D eigenvalue weighted by Gasteiger charge is -2.34. The molecular weight excluding hydrogens is 200 g/mol. The summed E-state index contributed by atoms with van der Waals surface area (Å²) in [6, 6.07) is 0. The highest BCUT2D eigenvalue weighted by Crippen LogP contribution is 2.32. The maximum Gasteiger partial charge on any atom is 0.0622 e. The fraction of sp³-hybridized carbons (Fsp3) is 1.00. The largest absolute Gasteiger partial charge is 0.381 e. The molecule has 0 aromatic carbocycles. The zero-order valence-corrected chi connectivity index (χ0v) is 10.8. The molecule has 2 rings (SSSR count). The van der Waals surface area contributed by atoms with Crippen LogP contribution < -0.4 is 0 Å². The smallest absolute Gasteiger partial charge is 0.0622 e. The van der Waals surface area contributed by atoms with Crippen LogP contribution in [0.4, 0.5) is 0 Å². The van der Waals surface area contributed by atoms with E-state index in [0.29, 0.717) is 12.2 Å². The van der Waals surface area contributed by atoms with Crippen molar-refractivity contribution in [2.45, 2.75) is 64.6 Å². The van der Waals surface area contributed by atoms with E-state index < -0.39 is 0 Å². The van der Waals surface area contributed by atoms with Crippen LogP contribution in [0.2, 0.25) is 0 Å². The molecule has 0 bridgehead atoms. The van der Waals surface area contributed by atoms with Crippen molar-refractivity contribution in [1.29, 1.82) is 0 Å². The molecule has 0 radical (unpaired) electrons. The molecule has 0 spiro atoms. The van der Waals surface area contributed by atoms with Crippen molar-refractivity contribution in [2.24, 2.45) is 11.8 Å². The van der Waals surface area contributed by atoms with Gasteiger partial charge in [-0.15, -0.1) is 0 Å². The lowest BCUT2D eigenvalue weighted by Crippen LogP contribution is -2.31. The summed E-state index contributed by atoms with van der Waals surface area (Å²) in [5.74, 6) is 1.79. The Labute approximate surface area is 99.7 Å². The lowest BCUT2D eigenvalue weighted by atomic mass is 9.80. The Bertz CT molecular complexity index is 189. The summed E-state index contributed by atoms with van der Waals surface area (Å²) in [6.07, 6.45) is 8.51. The molecular formula is C14H26O2. The fourth-order valence-corrected chi connectivity index (χ4v) is 2.98. The highest BCUT2D eigenvalue weighted by Gasteiger charge is 2.26. The topological polar surface area (TPSA) is 18.5 Å². The van der Waals surface area contributed by atoms with Crippen LogP contribution in [0.25, 0.3) is 0 Å². The van der Waals surface area contributed by atoms with Gasteiger partial charge in [0.15, 0.2) is 0 Å². The van der Waals surface area contributed by atoms with E-state index in [9.17, 15) is 0 Å². The highest BCUT2D eigenvalue weighted by atomic mass is 16.5. The zero-order valence-electron chi connectivity index (χ0n) is 10.8. The minimum atomic E-state index is 0.481. The molecule has 2 fully saturated rings. The summed E-state index contributed by atoms with van der Waals surface area (Å²) in [7, 11) is 0. The summed E-state index contributed by atoms with van der Waals surface area (Å²) >= 11 is 0.